The second-order valence-electron chi connectivity index (χ2n) is 3.62. The summed E-state index contributed by atoms with van der Waals surface area (Å²) in [5.41, 5.74) is 1.58. The van der Waals surface area contributed by atoms with E-state index >= 15 is 0 Å². The fourth-order valence-corrected chi connectivity index (χ4v) is 2.69. The van der Waals surface area contributed by atoms with E-state index in [9.17, 15) is 0 Å². The van der Waals surface area contributed by atoms with Gasteiger partial charge in [-0.2, -0.15) is 0 Å². The van der Waals surface area contributed by atoms with Gasteiger partial charge in [-0.25, -0.2) is 0 Å². The molecular weight excluding hydrogens is 163 g/mol. The molecule has 0 aliphatic heterocycles. The van der Waals surface area contributed by atoms with Crippen LogP contribution < -0.4 is 0 Å². The summed E-state index contributed by atoms with van der Waals surface area (Å²) in [5.74, 6) is 5.38. The number of hydrogen-bond donors (Lipinski definition) is 0. The molecule has 1 heteroatoms. The molecule has 0 N–H and O–H groups in total. The highest BCUT2D eigenvalue weighted by atomic mass is 31.0. The van der Waals surface area contributed by atoms with Crippen molar-refractivity contribution >= 4 is 8.19 Å². The molecule has 0 unspecified atom stereocenters. The van der Waals surface area contributed by atoms with Crippen LogP contribution >= 0.6 is 8.19 Å². The fraction of sp³-hybridized carbons (Fsp3) is 0.545. The lowest BCUT2D eigenvalue weighted by Gasteiger charge is -2.21. The Kier molecular flexibility index (Phi) is 2.79. The topological polar surface area (TPSA) is 0 Å². The summed E-state index contributed by atoms with van der Waals surface area (Å²) < 4.78 is 0. The molecule has 0 radical (unpaired) electrons. The first-order valence-electron chi connectivity index (χ1n) is 4.87. The highest BCUT2D eigenvalue weighted by Gasteiger charge is 2.14. The highest BCUT2D eigenvalue weighted by Crippen LogP contribution is 2.32. The largest absolute Gasteiger partial charge is 0.0765 e. The molecule has 0 atom stereocenters. The molecule has 1 saturated carbocycles. The van der Waals surface area contributed by atoms with Gasteiger partial charge in [0.2, 0.25) is 0 Å². The molecule has 1 aliphatic carbocycles. The molecule has 2 rings (SSSR count). The van der Waals surface area contributed by atoms with Gasteiger partial charge in [0, 0.05) is 0 Å². The summed E-state index contributed by atoms with van der Waals surface area (Å²) in [6.45, 7) is 0. The Morgan fingerprint density at radius 3 is 2.33 bits per heavy atom. The average molecular weight is 178 g/mol. The van der Waals surface area contributed by atoms with Crippen LogP contribution in [0.15, 0.2) is 23.7 Å². The predicted molar refractivity (Wildman–Crippen MR) is 54.8 cm³/mol. The molecule has 0 aromatic carbocycles. The van der Waals surface area contributed by atoms with Crippen LogP contribution in [0.4, 0.5) is 0 Å². The van der Waals surface area contributed by atoms with Crippen LogP contribution in [-0.4, -0.2) is 0 Å². The number of hydrogen-bond acceptors (Lipinski definition) is 0. The van der Waals surface area contributed by atoms with Crippen molar-refractivity contribution in [3.63, 3.8) is 0 Å². The Balaban J connectivity index is 2.08. The van der Waals surface area contributed by atoms with Crippen molar-refractivity contribution in [3.8, 4) is 0 Å². The van der Waals surface area contributed by atoms with Crippen LogP contribution in [0.1, 0.15) is 43.6 Å². The molecular formula is C11H15P. The maximum atomic E-state index is 2.32. The van der Waals surface area contributed by atoms with Crippen molar-refractivity contribution in [2.24, 2.45) is 0 Å². The maximum Gasteiger partial charge on any atom is -0.0162 e. The Hall–Kier alpha value is -0.350. The van der Waals surface area contributed by atoms with Gasteiger partial charge < -0.3 is 0 Å². The van der Waals surface area contributed by atoms with E-state index in [1.807, 2.05) is 0 Å². The molecule has 1 aromatic rings. The SMILES string of the molecule is c1cc(C2CCCCC2)ccp1. The lowest BCUT2D eigenvalue weighted by molar-refractivity contribution is 0.444. The van der Waals surface area contributed by atoms with E-state index in [4.69, 9.17) is 0 Å². The first-order valence-corrected chi connectivity index (χ1v) is 5.90. The second kappa shape index (κ2) is 4.05. The Labute approximate surface area is 76.1 Å². The highest BCUT2D eigenvalue weighted by molar-refractivity contribution is 7.28. The van der Waals surface area contributed by atoms with E-state index in [1.165, 1.54) is 40.3 Å². The standard InChI is InChI=1S/C11H15P/c1-2-4-10(5-3-1)11-6-8-12-9-7-11/h6-10H,1-5H2. The van der Waals surface area contributed by atoms with Gasteiger partial charge >= 0.3 is 0 Å². The van der Waals surface area contributed by atoms with Crippen molar-refractivity contribution < 1.29 is 0 Å². The van der Waals surface area contributed by atoms with Crippen LogP contribution in [0.2, 0.25) is 0 Å². The summed E-state index contributed by atoms with van der Waals surface area (Å²) in [6, 6.07) is 4.63. The third kappa shape index (κ3) is 1.87. The van der Waals surface area contributed by atoms with Crippen LogP contribution in [0, 0.1) is 0 Å². The molecule has 0 saturated heterocycles. The van der Waals surface area contributed by atoms with Gasteiger partial charge in [-0.05, 0) is 35.9 Å². The quantitative estimate of drug-likeness (QED) is 0.601. The van der Waals surface area contributed by atoms with E-state index in [1.54, 1.807) is 5.56 Å². The lowest BCUT2D eigenvalue weighted by atomic mass is 9.85. The molecule has 0 spiro atoms. The van der Waals surface area contributed by atoms with Crippen molar-refractivity contribution in [2.75, 3.05) is 0 Å². The minimum atomic E-state index is 0.877. The van der Waals surface area contributed by atoms with Crippen LogP contribution in [0.3, 0.4) is 0 Å². The minimum Gasteiger partial charge on any atom is -0.0765 e. The number of rotatable bonds is 1. The van der Waals surface area contributed by atoms with Crippen LogP contribution in [0.5, 0.6) is 0 Å². The van der Waals surface area contributed by atoms with Crippen molar-refractivity contribution in [3.05, 3.63) is 29.3 Å². The summed E-state index contributed by atoms with van der Waals surface area (Å²) in [5, 5.41) is 0. The molecule has 0 nitrogen and oxygen atoms in total. The van der Waals surface area contributed by atoms with E-state index < -0.39 is 0 Å². The van der Waals surface area contributed by atoms with Crippen molar-refractivity contribution in [1.29, 1.82) is 0 Å². The summed E-state index contributed by atoms with van der Waals surface area (Å²) in [6.07, 6.45) is 7.17. The summed E-state index contributed by atoms with van der Waals surface area (Å²) >= 11 is 0. The Morgan fingerprint density at radius 2 is 1.67 bits per heavy atom. The molecule has 0 amide bonds. The lowest BCUT2D eigenvalue weighted by Crippen LogP contribution is -2.03. The Morgan fingerprint density at radius 1 is 1.00 bits per heavy atom. The minimum absolute atomic E-state index is 0.877. The third-order valence-corrected chi connectivity index (χ3v) is 3.43. The first-order chi connectivity index (χ1) is 5.97. The predicted octanol–water partition coefficient (Wildman–Crippen LogP) is 4.31. The van der Waals surface area contributed by atoms with Gasteiger partial charge in [-0.15, -0.1) is 0 Å². The van der Waals surface area contributed by atoms with Crippen LogP contribution in [0.25, 0.3) is 0 Å². The molecule has 1 heterocycles. The zero-order valence-corrected chi connectivity index (χ0v) is 8.26. The van der Waals surface area contributed by atoms with Gasteiger partial charge in [0.25, 0.3) is 0 Å². The molecule has 0 bridgehead atoms. The molecule has 1 fully saturated rings. The molecule has 1 aromatic heterocycles. The van der Waals surface area contributed by atoms with Gasteiger partial charge in [0.1, 0.15) is 0 Å². The zero-order chi connectivity index (χ0) is 8.23. The van der Waals surface area contributed by atoms with Crippen molar-refractivity contribution in [1.82, 2.24) is 0 Å². The normalized spacial score (nSPS) is 19.3. The third-order valence-electron chi connectivity index (χ3n) is 2.78. The maximum absolute atomic E-state index is 2.32. The zero-order valence-electron chi connectivity index (χ0n) is 7.37. The van der Waals surface area contributed by atoms with Gasteiger partial charge in [-0.1, -0.05) is 39.6 Å². The van der Waals surface area contributed by atoms with Gasteiger partial charge in [0.15, 0.2) is 0 Å². The second-order valence-corrected chi connectivity index (χ2v) is 4.51. The van der Waals surface area contributed by atoms with Crippen molar-refractivity contribution in [2.45, 2.75) is 38.0 Å². The van der Waals surface area contributed by atoms with E-state index in [0.29, 0.717) is 0 Å². The monoisotopic (exact) mass is 178 g/mol. The summed E-state index contributed by atoms with van der Waals surface area (Å²) in [4.78, 5) is 0. The van der Waals surface area contributed by atoms with E-state index in [0.717, 1.165) is 5.92 Å². The molecule has 64 valence electrons. The van der Waals surface area contributed by atoms with Gasteiger partial charge in [0.05, 0.1) is 0 Å². The molecule has 12 heavy (non-hydrogen) atoms. The van der Waals surface area contributed by atoms with E-state index in [2.05, 4.69) is 23.7 Å². The van der Waals surface area contributed by atoms with Crippen LogP contribution in [-0.2, 0) is 0 Å². The van der Waals surface area contributed by atoms with E-state index in [-0.39, 0.29) is 0 Å². The first kappa shape index (κ1) is 8.26. The smallest absolute Gasteiger partial charge is 0.0162 e. The fourth-order valence-electron chi connectivity index (χ4n) is 2.07. The molecule has 1 aliphatic rings. The van der Waals surface area contributed by atoms with Gasteiger partial charge in [-0.3, -0.25) is 0 Å². The Bertz CT molecular complexity index is 224. The average Bonchev–Trinajstić information content (AvgIpc) is 2.21. The summed E-state index contributed by atoms with van der Waals surface area (Å²) in [7, 11) is 1.35.